The third-order valence-electron chi connectivity index (χ3n) is 5.44. The van der Waals surface area contributed by atoms with E-state index in [0.29, 0.717) is 40.3 Å². The van der Waals surface area contributed by atoms with Crippen molar-refractivity contribution in [2.75, 3.05) is 6.61 Å². The number of benzene rings is 2. The maximum atomic E-state index is 13.8. The van der Waals surface area contributed by atoms with Gasteiger partial charge in [-0.05, 0) is 60.6 Å². The van der Waals surface area contributed by atoms with E-state index in [1.165, 1.54) is 6.07 Å². The first kappa shape index (κ1) is 21.5. The van der Waals surface area contributed by atoms with Gasteiger partial charge in [0.25, 0.3) is 5.91 Å². The molecule has 1 aliphatic rings. The van der Waals surface area contributed by atoms with Gasteiger partial charge in [0.05, 0.1) is 6.61 Å². The number of aryl methyl sites for hydroxylation is 1. The summed E-state index contributed by atoms with van der Waals surface area (Å²) in [6, 6.07) is 13.4. The Morgan fingerprint density at radius 3 is 2.66 bits per heavy atom. The standard InChI is InChI=1S/C25H24FN3O3/c1-15-6-7-17(10-22(15)26)12-28-24(31)21-11-18(13-29-25(21)32-14-16-8-9-16)19-4-2-3-5-20(19)23(27)30/h2-7,10-11,13,16H,8-9,12,14H2,1H3,(H2,27,30)(H,28,31). The van der Waals surface area contributed by atoms with Crippen molar-refractivity contribution in [2.24, 2.45) is 11.7 Å². The number of nitrogens with one attached hydrogen (secondary N) is 1. The molecule has 32 heavy (non-hydrogen) atoms. The van der Waals surface area contributed by atoms with Crippen LogP contribution in [0.5, 0.6) is 5.88 Å². The highest BCUT2D eigenvalue weighted by Crippen LogP contribution is 2.31. The number of carbonyl (C=O) groups excluding carboxylic acids is 2. The molecular formula is C25H24FN3O3. The lowest BCUT2D eigenvalue weighted by atomic mass is 9.99. The minimum Gasteiger partial charge on any atom is -0.477 e. The van der Waals surface area contributed by atoms with Crippen LogP contribution < -0.4 is 15.8 Å². The van der Waals surface area contributed by atoms with Crippen LogP contribution in [0.2, 0.25) is 0 Å². The third kappa shape index (κ3) is 4.94. The van der Waals surface area contributed by atoms with E-state index in [-0.39, 0.29) is 23.8 Å². The maximum Gasteiger partial charge on any atom is 0.257 e. The largest absolute Gasteiger partial charge is 0.477 e. The molecule has 0 unspecified atom stereocenters. The lowest BCUT2D eigenvalue weighted by Gasteiger charge is -2.14. The van der Waals surface area contributed by atoms with Crippen LogP contribution in [-0.2, 0) is 6.54 Å². The topological polar surface area (TPSA) is 94.3 Å². The Morgan fingerprint density at radius 1 is 1.16 bits per heavy atom. The second-order valence-electron chi connectivity index (χ2n) is 8.01. The van der Waals surface area contributed by atoms with Crippen molar-refractivity contribution in [3.63, 3.8) is 0 Å². The molecular weight excluding hydrogens is 409 g/mol. The highest BCUT2D eigenvalue weighted by atomic mass is 19.1. The van der Waals surface area contributed by atoms with Crippen LogP contribution in [0, 0.1) is 18.7 Å². The van der Waals surface area contributed by atoms with Crippen LogP contribution in [0.1, 0.15) is 44.7 Å². The van der Waals surface area contributed by atoms with Crippen molar-refractivity contribution >= 4 is 11.8 Å². The van der Waals surface area contributed by atoms with Gasteiger partial charge in [0, 0.05) is 23.9 Å². The Bertz CT molecular complexity index is 1170. The molecule has 3 aromatic rings. The van der Waals surface area contributed by atoms with E-state index in [4.69, 9.17) is 10.5 Å². The van der Waals surface area contributed by atoms with Crippen molar-refractivity contribution in [3.8, 4) is 17.0 Å². The van der Waals surface area contributed by atoms with E-state index >= 15 is 0 Å². The Labute approximate surface area is 185 Å². The van der Waals surface area contributed by atoms with Gasteiger partial charge >= 0.3 is 0 Å². The van der Waals surface area contributed by atoms with Crippen LogP contribution >= 0.6 is 0 Å². The average Bonchev–Trinajstić information content (AvgIpc) is 3.62. The van der Waals surface area contributed by atoms with Crippen LogP contribution in [0.3, 0.4) is 0 Å². The highest BCUT2D eigenvalue weighted by Gasteiger charge is 2.24. The van der Waals surface area contributed by atoms with Gasteiger partial charge in [0.1, 0.15) is 11.4 Å². The lowest BCUT2D eigenvalue weighted by Crippen LogP contribution is -2.24. The summed E-state index contributed by atoms with van der Waals surface area (Å²) in [5.41, 5.74) is 8.43. The summed E-state index contributed by atoms with van der Waals surface area (Å²) in [5, 5.41) is 2.80. The molecule has 1 aliphatic carbocycles. The number of halogens is 1. The smallest absolute Gasteiger partial charge is 0.257 e. The summed E-state index contributed by atoms with van der Waals surface area (Å²) >= 11 is 0. The molecule has 0 atom stereocenters. The number of primary amides is 1. The summed E-state index contributed by atoms with van der Waals surface area (Å²) in [7, 11) is 0. The monoisotopic (exact) mass is 433 g/mol. The number of rotatable bonds is 8. The van der Waals surface area contributed by atoms with Gasteiger partial charge in [0.2, 0.25) is 11.8 Å². The highest BCUT2D eigenvalue weighted by molar-refractivity contribution is 6.01. The fourth-order valence-corrected chi connectivity index (χ4v) is 3.33. The lowest BCUT2D eigenvalue weighted by molar-refractivity contribution is 0.0944. The predicted molar refractivity (Wildman–Crippen MR) is 119 cm³/mol. The van der Waals surface area contributed by atoms with Gasteiger partial charge in [-0.3, -0.25) is 9.59 Å². The summed E-state index contributed by atoms with van der Waals surface area (Å²) in [5.74, 6) is -0.579. The van der Waals surface area contributed by atoms with E-state index < -0.39 is 11.8 Å². The molecule has 0 aliphatic heterocycles. The van der Waals surface area contributed by atoms with Gasteiger partial charge in [-0.25, -0.2) is 9.37 Å². The van der Waals surface area contributed by atoms with Crippen LogP contribution in [0.25, 0.3) is 11.1 Å². The average molecular weight is 433 g/mol. The Balaban J connectivity index is 1.62. The van der Waals surface area contributed by atoms with E-state index in [1.807, 2.05) is 0 Å². The predicted octanol–water partition coefficient (Wildman–Crippen LogP) is 4.01. The summed E-state index contributed by atoms with van der Waals surface area (Å²) in [4.78, 5) is 29.2. The molecule has 2 aromatic carbocycles. The van der Waals surface area contributed by atoms with E-state index in [1.54, 1.807) is 55.6 Å². The molecule has 2 amide bonds. The Morgan fingerprint density at radius 2 is 1.94 bits per heavy atom. The van der Waals surface area contributed by atoms with Crippen molar-refractivity contribution in [2.45, 2.75) is 26.3 Å². The molecule has 1 aromatic heterocycles. The van der Waals surface area contributed by atoms with Gasteiger partial charge in [-0.1, -0.05) is 30.3 Å². The molecule has 1 saturated carbocycles. The minimum atomic E-state index is -0.568. The van der Waals surface area contributed by atoms with Gasteiger partial charge in [-0.2, -0.15) is 0 Å². The number of pyridine rings is 1. The fraction of sp³-hybridized carbons (Fsp3) is 0.240. The van der Waals surface area contributed by atoms with Gasteiger partial charge in [0.15, 0.2) is 0 Å². The van der Waals surface area contributed by atoms with Gasteiger partial charge in [-0.15, -0.1) is 0 Å². The maximum absolute atomic E-state index is 13.8. The first-order chi connectivity index (χ1) is 15.4. The van der Waals surface area contributed by atoms with E-state index in [9.17, 15) is 14.0 Å². The molecule has 7 heteroatoms. The number of carbonyl (C=O) groups is 2. The van der Waals surface area contributed by atoms with Gasteiger partial charge < -0.3 is 15.8 Å². The van der Waals surface area contributed by atoms with Crippen LogP contribution in [0.15, 0.2) is 54.7 Å². The van der Waals surface area contributed by atoms with Crippen molar-refractivity contribution in [1.82, 2.24) is 10.3 Å². The number of aromatic nitrogens is 1. The normalized spacial score (nSPS) is 12.9. The molecule has 1 heterocycles. The second kappa shape index (κ2) is 9.18. The molecule has 4 rings (SSSR count). The second-order valence-corrected chi connectivity index (χ2v) is 8.01. The first-order valence-corrected chi connectivity index (χ1v) is 10.5. The van der Waals surface area contributed by atoms with Crippen LogP contribution in [-0.4, -0.2) is 23.4 Å². The van der Waals surface area contributed by atoms with Crippen molar-refractivity contribution in [3.05, 3.63) is 82.8 Å². The molecule has 3 N–H and O–H groups in total. The van der Waals surface area contributed by atoms with Crippen molar-refractivity contribution in [1.29, 1.82) is 0 Å². The Kier molecular flexibility index (Phi) is 6.16. The molecule has 0 saturated heterocycles. The summed E-state index contributed by atoms with van der Waals surface area (Å²) in [6.45, 7) is 2.33. The summed E-state index contributed by atoms with van der Waals surface area (Å²) < 4.78 is 19.6. The molecule has 6 nitrogen and oxygen atoms in total. The Hall–Kier alpha value is -3.74. The zero-order chi connectivity index (χ0) is 22.7. The number of nitrogens with zero attached hydrogens (tertiary/aromatic N) is 1. The summed E-state index contributed by atoms with van der Waals surface area (Å²) in [6.07, 6.45) is 3.77. The zero-order valence-electron chi connectivity index (χ0n) is 17.7. The number of ether oxygens (including phenoxy) is 1. The number of nitrogens with two attached hydrogens (primary N) is 1. The quantitative estimate of drug-likeness (QED) is 0.561. The fourth-order valence-electron chi connectivity index (χ4n) is 3.33. The molecule has 1 fully saturated rings. The van der Waals surface area contributed by atoms with E-state index in [0.717, 1.165) is 12.8 Å². The zero-order valence-corrected chi connectivity index (χ0v) is 17.7. The van der Waals surface area contributed by atoms with E-state index in [2.05, 4.69) is 10.3 Å². The first-order valence-electron chi connectivity index (χ1n) is 10.5. The van der Waals surface area contributed by atoms with Crippen molar-refractivity contribution < 1.29 is 18.7 Å². The number of amides is 2. The SMILES string of the molecule is Cc1ccc(CNC(=O)c2cc(-c3ccccc3C(N)=O)cnc2OCC2CC2)cc1F. The molecule has 0 bridgehead atoms. The minimum absolute atomic E-state index is 0.153. The molecule has 0 radical (unpaired) electrons. The molecule has 164 valence electrons. The number of hydrogen-bond donors (Lipinski definition) is 2. The molecule has 0 spiro atoms. The van der Waals surface area contributed by atoms with Crippen LogP contribution in [0.4, 0.5) is 4.39 Å². The third-order valence-corrected chi connectivity index (χ3v) is 5.44. The number of hydrogen-bond acceptors (Lipinski definition) is 4.